The molecule has 0 unspecified atom stereocenters. The summed E-state index contributed by atoms with van der Waals surface area (Å²) in [6.07, 6.45) is 0.0575. The first kappa shape index (κ1) is 15.9. The van der Waals surface area contributed by atoms with Crippen molar-refractivity contribution >= 4 is 33.8 Å². The van der Waals surface area contributed by atoms with Crippen LogP contribution in [0.15, 0.2) is 76.8 Å². The summed E-state index contributed by atoms with van der Waals surface area (Å²) >= 11 is 0. The summed E-state index contributed by atoms with van der Waals surface area (Å²) in [5.74, 6) is -1.56. The van der Waals surface area contributed by atoms with Crippen LogP contribution in [0.25, 0.3) is 10.8 Å². The van der Waals surface area contributed by atoms with E-state index in [-0.39, 0.29) is 17.2 Å². The summed E-state index contributed by atoms with van der Waals surface area (Å²) in [6.45, 7) is 0. The normalized spacial score (nSPS) is 15.2. The third kappa shape index (κ3) is 3.48. The molecule has 0 bridgehead atoms. The van der Waals surface area contributed by atoms with Crippen molar-refractivity contribution in [3.8, 4) is 0 Å². The quantitative estimate of drug-likeness (QED) is 0.429. The summed E-state index contributed by atoms with van der Waals surface area (Å²) in [7, 11) is 0. The maximum Gasteiger partial charge on any atom is 0.451 e. The number of hydrogen-bond acceptors (Lipinski definition) is 2. The lowest BCUT2D eigenvalue weighted by molar-refractivity contribution is -0.110. The fourth-order valence-electron chi connectivity index (χ4n) is 2.21. The fourth-order valence-corrected chi connectivity index (χ4v) is 2.21. The number of benzene rings is 2. The maximum absolute atomic E-state index is 13.3. The van der Waals surface area contributed by atoms with Gasteiger partial charge in [0.15, 0.2) is 5.78 Å². The lowest BCUT2D eigenvalue weighted by atomic mass is 10.1. The van der Waals surface area contributed by atoms with E-state index in [2.05, 4.69) is 9.98 Å². The molecule has 6 heteroatoms. The Morgan fingerprint density at radius 3 is 2.25 bits per heavy atom. The van der Waals surface area contributed by atoms with Gasteiger partial charge in [0.25, 0.3) is 0 Å². The average Bonchev–Trinajstić information content (AvgIpc) is 2.55. The molecule has 0 fully saturated rings. The predicted octanol–water partition coefficient (Wildman–Crippen LogP) is 4.57. The van der Waals surface area contributed by atoms with Gasteiger partial charge in [0, 0.05) is 5.39 Å². The summed E-state index contributed by atoms with van der Waals surface area (Å²) in [4.78, 5) is 18.3. The first-order chi connectivity index (χ1) is 11.4. The number of allylic oxidation sites excluding steroid dienone is 4. The zero-order valence-electron chi connectivity index (χ0n) is 12.3. The van der Waals surface area contributed by atoms with Gasteiger partial charge in [-0.3, -0.25) is 4.79 Å². The van der Waals surface area contributed by atoms with Crippen LogP contribution in [0.2, 0.25) is 0 Å². The highest BCUT2D eigenvalue weighted by Gasteiger charge is 2.36. The third-order valence-corrected chi connectivity index (χ3v) is 3.32. The highest BCUT2D eigenvalue weighted by Crippen LogP contribution is 2.29. The molecule has 0 N–H and O–H groups in total. The average molecular weight is 328 g/mol. The second kappa shape index (κ2) is 6.23. The molecule has 1 aliphatic carbocycles. The number of halogens is 3. The van der Waals surface area contributed by atoms with Crippen molar-refractivity contribution < 1.29 is 18.0 Å². The molecule has 0 spiro atoms. The van der Waals surface area contributed by atoms with E-state index >= 15 is 0 Å². The molecule has 0 heterocycles. The summed E-state index contributed by atoms with van der Waals surface area (Å²) in [5, 5.41) is 1.39. The van der Waals surface area contributed by atoms with Crippen molar-refractivity contribution in [3.63, 3.8) is 0 Å². The standard InChI is InChI=1S/C18H11F3N2O/c19-18(20,21)17(22-13-8-10-14(24)11-9-13)23-16-7-3-5-12-4-1-2-6-15(12)16/h1-11H. The molecule has 0 atom stereocenters. The van der Waals surface area contributed by atoms with Gasteiger partial charge in [-0.25, -0.2) is 9.98 Å². The number of carbonyl (C=O) groups excluding carboxylic acids is 1. The number of fused-ring (bicyclic) bond motifs is 1. The van der Waals surface area contributed by atoms with E-state index in [0.29, 0.717) is 5.39 Å². The van der Waals surface area contributed by atoms with Crippen molar-refractivity contribution in [3.05, 3.63) is 66.8 Å². The van der Waals surface area contributed by atoms with E-state index in [1.165, 1.54) is 18.2 Å². The topological polar surface area (TPSA) is 41.8 Å². The Morgan fingerprint density at radius 1 is 0.875 bits per heavy atom. The molecule has 24 heavy (non-hydrogen) atoms. The van der Waals surface area contributed by atoms with Gasteiger partial charge in [0.05, 0.1) is 11.4 Å². The van der Waals surface area contributed by atoms with Crippen molar-refractivity contribution in [2.24, 2.45) is 9.98 Å². The molecular formula is C18H11F3N2O. The van der Waals surface area contributed by atoms with Gasteiger partial charge >= 0.3 is 6.18 Å². The van der Waals surface area contributed by atoms with Gasteiger partial charge in [0.2, 0.25) is 5.84 Å². The van der Waals surface area contributed by atoms with Gasteiger partial charge < -0.3 is 0 Å². The van der Waals surface area contributed by atoms with Crippen molar-refractivity contribution in [2.75, 3.05) is 0 Å². The summed E-state index contributed by atoms with van der Waals surface area (Å²) in [5.41, 5.74) is 0.204. The molecule has 0 saturated carbocycles. The number of rotatable bonds is 1. The number of nitrogens with zero attached hydrogens (tertiary/aromatic N) is 2. The first-order valence-corrected chi connectivity index (χ1v) is 7.06. The Balaban J connectivity index is 2.11. The van der Waals surface area contributed by atoms with E-state index in [4.69, 9.17) is 0 Å². The zero-order chi connectivity index (χ0) is 17.2. The lowest BCUT2D eigenvalue weighted by Crippen LogP contribution is -2.22. The van der Waals surface area contributed by atoms with E-state index in [1.54, 1.807) is 36.4 Å². The van der Waals surface area contributed by atoms with Gasteiger partial charge in [-0.1, -0.05) is 36.4 Å². The molecular weight excluding hydrogens is 317 g/mol. The smallest absolute Gasteiger partial charge is 0.290 e. The van der Waals surface area contributed by atoms with E-state index in [1.807, 2.05) is 0 Å². The number of alkyl halides is 3. The minimum atomic E-state index is -4.72. The predicted molar refractivity (Wildman–Crippen MR) is 87.8 cm³/mol. The maximum atomic E-state index is 13.3. The molecule has 0 saturated heterocycles. The number of amidine groups is 1. The molecule has 0 aliphatic heterocycles. The monoisotopic (exact) mass is 328 g/mol. The van der Waals surface area contributed by atoms with Gasteiger partial charge in [-0.05, 0) is 35.8 Å². The van der Waals surface area contributed by atoms with Crippen LogP contribution >= 0.6 is 0 Å². The molecule has 2 aromatic carbocycles. The van der Waals surface area contributed by atoms with Crippen molar-refractivity contribution in [1.29, 1.82) is 0 Å². The van der Waals surface area contributed by atoms with Crippen molar-refractivity contribution in [1.82, 2.24) is 0 Å². The third-order valence-electron chi connectivity index (χ3n) is 3.32. The molecule has 3 nitrogen and oxygen atoms in total. The van der Waals surface area contributed by atoms with Crippen LogP contribution in [-0.4, -0.2) is 23.5 Å². The molecule has 2 aromatic rings. The number of aliphatic imine (C=N–C) groups is 2. The second-order valence-corrected chi connectivity index (χ2v) is 5.04. The summed E-state index contributed by atoms with van der Waals surface area (Å²) < 4.78 is 39.9. The fraction of sp³-hybridized carbons (Fsp3) is 0.0556. The minimum absolute atomic E-state index is 0.0194. The zero-order valence-corrected chi connectivity index (χ0v) is 12.3. The number of ketones is 1. The second-order valence-electron chi connectivity index (χ2n) is 5.04. The lowest BCUT2D eigenvalue weighted by Gasteiger charge is -2.09. The van der Waals surface area contributed by atoms with Crippen LogP contribution in [0.5, 0.6) is 0 Å². The van der Waals surface area contributed by atoms with Gasteiger partial charge in [-0.15, -0.1) is 0 Å². The molecule has 0 aromatic heterocycles. The Hall–Kier alpha value is -3.02. The van der Waals surface area contributed by atoms with Crippen molar-refractivity contribution in [2.45, 2.75) is 6.18 Å². The molecule has 3 rings (SSSR count). The molecule has 120 valence electrons. The number of hydrogen-bond donors (Lipinski definition) is 0. The molecule has 1 aliphatic rings. The SMILES string of the molecule is O=C1C=CC(=NC(=Nc2cccc3ccccc23)C(F)(F)F)C=C1. The van der Waals surface area contributed by atoms with Crippen LogP contribution in [0.3, 0.4) is 0 Å². The Bertz CT molecular complexity index is 898. The van der Waals surface area contributed by atoms with Crippen LogP contribution < -0.4 is 0 Å². The van der Waals surface area contributed by atoms with Crippen LogP contribution in [-0.2, 0) is 4.79 Å². The minimum Gasteiger partial charge on any atom is -0.290 e. The summed E-state index contributed by atoms with van der Waals surface area (Å²) in [6, 6.07) is 12.0. The van der Waals surface area contributed by atoms with E-state index in [9.17, 15) is 18.0 Å². The Kier molecular flexibility index (Phi) is 4.12. The largest absolute Gasteiger partial charge is 0.451 e. The first-order valence-electron chi connectivity index (χ1n) is 7.06. The Labute approximate surface area is 135 Å². The molecule has 0 radical (unpaired) electrons. The highest BCUT2D eigenvalue weighted by atomic mass is 19.4. The van der Waals surface area contributed by atoms with Crippen LogP contribution in [0.1, 0.15) is 0 Å². The van der Waals surface area contributed by atoms with Gasteiger partial charge in [-0.2, -0.15) is 13.2 Å². The number of carbonyl (C=O) groups is 1. The van der Waals surface area contributed by atoms with Crippen LogP contribution in [0, 0.1) is 0 Å². The van der Waals surface area contributed by atoms with E-state index < -0.39 is 12.0 Å². The van der Waals surface area contributed by atoms with Gasteiger partial charge in [0.1, 0.15) is 0 Å². The highest BCUT2D eigenvalue weighted by molar-refractivity contribution is 6.19. The van der Waals surface area contributed by atoms with Crippen LogP contribution in [0.4, 0.5) is 18.9 Å². The molecule has 0 amide bonds. The Morgan fingerprint density at radius 2 is 1.54 bits per heavy atom. The van der Waals surface area contributed by atoms with E-state index in [0.717, 1.165) is 17.5 Å².